The molecule has 2 heterocycles. The highest BCUT2D eigenvalue weighted by Crippen LogP contribution is 2.17. The van der Waals surface area contributed by atoms with Gasteiger partial charge in [0.25, 0.3) is 0 Å². The molecule has 7 nitrogen and oxygen atoms in total. The van der Waals surface area contributed by atoms with Gasteiger partial charge in [0.15, 0.2) is 11.8 Å². The molecule has 2 aromatic rings. The van der Waals surface area contributed by atoms with Gasteiger partial charge in [-0.15, -0.1) is 10.2 Å². The number of hydrogen-bond acceptors (Lipinski definition) is 4. The second-order valence-corrected chi connectivity index (χ2v) is 7.00. The molecule has 1 aliphatic heterocycles. The zero-order chi connectivity index (χ0) is 19.1. The van der Waals surface area contributed by atoms with Gasteiger partial charge in [-0.1, -0.05) is 24.6 Å². The van der Waals surface area contributed by atoms with Crippen LogP contribution >= 0.6 is 0 Å². The average molecular weight is 371 g/mol. The maximum atomic E-state index is 6.01. The number of aryl methyl sites for hydroxylation is 2. The van der Waals surface area contributed by atoms with E-state index in [0.29, 0.717) is 13.1 Å². The summed E-state index contributed by atoms with van der Waals surface area (Å²) in [5.74, 6) is 3.73. The first-order valence-corrected chi connectivity index (χ1v) is 9.75. The molecule has 0 spiro atoms. The maximum absolute atomic E-state index is 6.01. The maximum Gasteiger partial charge on any atom is 0.191 e. The molecule has 0 bridgehead atoms. The average Bonchev–Trinajstić information content (AvgIpc) is 2.90. The predicted molar refractivity (Wildman–Crippen MR) is 107 cm³/mol. The van der Waals surface area contributed by atoms with Gasteiger partial charge < -0.3 is 19.9 Å². The number of aromatic nitrogens is 3. The molecule has 146 valence electrons. The molecule has 0 aliphatic carbocycles. The topological polar surface area (TPSA) is 76.4 Å². The number of rotatable bonds is 6. The Morgan fingerprint density at radius 3 is 2.89 bits per heavy atom. The lowest BCUT2D eigenvalue weighted by atomic mass is 10.2. The molecule has 1 aliphatic rings. The van der Waals surface area contributed by atoms with Crippen LogP contribution in [0.5, 0.6) is 5.75 Å². The number of guanidine groups is 1. The van der Waals surface area contributed by atoms with Gasteiger partial charge in [-0.25, -0.2) is 0 Å². The van der Waals surface area contributed by atoms with E-state index in [4.69, 9.17) is 4.74 Å². The first kappa shape index (κ1) is 19.2. The molecular weight excluding hydrogens is 340 g/mol. The van der Waals surface area contributed by atoms with Crippen molar-refractivity contribution in [3.63, 3.8) is 0 Å². The van der Waals surface area contributed by atoms with Crippen molar-refractivity contribution < 1.29 is 4.74 Å². The monoisotopic (exact) mass is 370 g/mol. The van der Waals surface area contributed by atoms with E-state index in [0.717, 1.165) is 41.9 Å². The van der Waals surface area contributed by atoms with Gasteiger partial charge in [0.2, 0.25) is 0 Å². The minimum Gasteiger partial charge on any atom is -0.489 e. The third-order valence-electron chi connectivity index (χ3n) is 4.80. The summed E-state index contributed by atoms with van der Waals surface area (Å²) < 4.78 is 8.25. The van der Waals surface area contributed by atoms with Crippen molar-refractivity contribution in [2.24, 2.45) is 4.99 Å². The molecule has 1 aromatic heterocycles. The fraction of sp³-hybridized carbons (Fsp3) is 0.550. The van der Waals surface area contributed by atoms with Crippen LogP contribution in [0.1, 0.15) is 43.4 Å². The van der Waals surface area contributed by atoms with Gasteiger partial charge in [-0.3, -0.25) is 4.99 Å². The Labute approximate surface area is 161 Å². The summed E-state index contributed by atoms with van der Waals surface area (Å²) in [7, 11) is 1.77. The Balaban J connectivity index is 1.48. The number of fused-ring (bicyclic) bond motifs is 1. The van der Waals surface area contributed by atoms with E-state index in [1.807, 2.05) is 25.1 Å². The largest absolute Gasteiger partial charge is 0.489 e. The molecule has 1 aromatic carbocycles. The van der Waals surface area contributed by atoms with Crippen LogP contribution < -0.4 is 15.4 Å². The van der Waals surface area contributed by atoms with Crippen molar-refractivity contribution in [2.45, 2.75) is 58.7 Å². The van der Waals surface area contributed by atoms with Gasteiger partial charge >= 0.3 is 0 Å². The summed E-state index contributed by atoms with van der Waals surface area (Å²) in [6, 6.07) is 8.06. The minimum absolute atomic E-state index is 0.0222. The Bertz CT molecular complexity index is 770. The zero-order valence-electron chi connectivity index (χ0n) is 16.5. The van der Waals surface area contributed by atoms with Crippen molar-refractivity contribution in [1.29, 1.82) is 0 Å². The number of aliphatic imine (C=N–C) groups is 1. The van der Waals surface area contributed by atoms with Gasteiger partial charge in [0.05, 0.1) is 13.1 Å². The summed E-state index contributed by atoms with van der Waals surface area (Å²) >= 11 is 0. The molecular formula is C20H30N6O. The number of nitrogens with zero attached hydrogens (tertiary/aromatic N) is 4. The fourth-order valence-corrected chi connectivity index (χ4v) is 3.25. The number of benzene rings is 1. The van der Waals surface area contributed by atoms with Gasteiger partial charge in [-0.05, 0) is 38.3 Å². The van der Waals surface area contributed by atoms with Gasteiger partial charge in [0.1, 0.15) is 17.7 Å². The van der Waals surface area contributed by atoms with E-state index in [-0.39, 0.29) is 6.10 Å². The highest BCUT2D eigenvalue weighted by Gasteiger charge is 2.15. The van der Waals surface area contributed by atoms with Crippen molar-refractivity contribution in [3.05, 3.63) is 41.5 Å². The fourth-order valence-electron chi connectivity index (χ4n) is 3.25. The third kappa shape index (κ3) is 5.21. The second-order valence-electron chi connectivity index (χ2n) is 7.00. The van der Waals surface area contributed by atoms with Crippen molar-refractivity contribution >= 4 is 5.96 Å². The molecule has 27 heavy (non-hydrogen) atoms. The smallest absolute Gasteiger partial charge is 0.191 e. The molecule has 3 rings (SSSR count). The summed E-state index contributed by atoms with van der Waals surface area (Å²) in [5.41, 5.74) is 1.14. The molecule has 0 amide bonds. The minimum atomic E-state index is 0.0222. The highest BCUT2D eigenvalue weighted by molar-refractivity contribution is 5.79. The summed E-state index contributed by atoms with van der Waals surface area (Å²) in [6.07, 6.45) is 4.70. The third-order valence-corrected chi connectivity index (χ3v) is 4.80. The summed E-state index contributed by atoms with van der Waals surface area (Å²) in [4.78, 5) is 4.30. The van der Waals surface area contributed by atoms with E-state index in [2.05, 4.69) is 43.4 Å². The standard InChI is InChI=1S/C20H30N6O/c1-15-9-6-7-10-17(15)27-16(2)13-22-20(21-3)23-14-19-25-24-18-11-5-4-8-12-26(18)19/h6-7,9-10,16H,4-5,8,11-14H2,1-3H3,(H2,21,22,23). The quantitative estimate of drug-likeness (QED) is 0.603. The van der Waals surface area contributed by atoms with Crippen molar-refractivity contribution in [2.75, 3.05) is 13.6 Å². The van der Waals surface area contributed by atoms with Crippen molar-refractivity contribution in [1.82, 2.24) is 25.4 Å². The first-order chi connectivity index (χ1) is 13.2. The number of hydrogen-bond donors (Lipinski definition) is 2. The van der Waals surface area contributed by atoms with E-state index in [9.17, 15) is 0 Å². The molecule has 0 fully saturated rings. The van der Waals surface area contributed by atoms with Crippen LogP contribution in [0.15, 0.2) is 29.3 Å². The Morgan fingerprint density at radius 2 is 2.07 bits per heavy atom. The first-order valence-electron chi connectivity index (χ1n) is 9.75. The van der Waals surface area contributed by atoms with E-state index in [1.165, 1.54) is 19.3 Å². The molecule has 2 N–H and O–H groups in total. The van der Waals surface area contributed by atoms with Crippen molar-refractivity contribution in [3.8, 4) is 5.75 Å². The van der Waals surface area contributed by atoms with Crippen LogP contribution in [-0.4, -0.2) is 40.4 Å². The Morgan fingerprint density at radius 1 is 1.22 bits per heavy atom. The summed E-state index contributed by atoms with van der Waals surface area (Å²) in [6.45, 7) is 6.38. The number of ether oxygens (including phenoxy) is 1. The lowest BCUT2D eigenvalue weighted by Gasteiger charge is -2.18. The summed E-state index contributed by atoms with van der Waals surface area (Å²) in [5, 5.41) is 15.3. The van der Waals surface area contributed by atoms with Crippen LogP contribution in [0, 0.1) is 6.92 Å². The Kier molecular flexibility index (Phi) is 6.68. The zero-order valence-corrected chi connectivity index (χ0v) is 16.5. The van der Waals surface area contributed by atoms with Crippen LogP contribution in [-0.2, 0) is 19.5 Å². The van der Waals surface area contributed by atoms with Gasteiger partial charge in [0, 0.05) is 20.0 Å². The highest BCUT2D eigenvalue weighted by atomic mass is 16.5. The normalized spacial score (nSPS) is 15.6. The second kappa shape index (κ2) is 9.39. The van der Waals surface area contributed by atoms with Gasteiger partial charge in [-0.2, -0.15) is 0 Å². The van der Waals surface area contributed by atoms with Crippen LogP contribution in [0.25, 0.3) is 0 Å². The Hall–Kier alpha value is -2.57. The molecule has 1 atom stereocenters. The van der Waals surface area contributed by atoms with Crippen LogP contribution in [0.4, 0.5) is 0 Å². The molecule has 0 radical (unpaired) electrons. The lowest BCUT2D eigenvalue weighted by Crippen LogP contribution is -2.41. The molecule has 7 heteroatoms. The molecule has 1 unspecified atom stereocenters. The van der Waals surface area contributed by atoms with Crippen LogP contribution in [0.2, 0.25) is 0 Å². The molecule has 0 saturated heterocycles. The van der Waals surface area contributed by atoms with E-state index in [1.54, 1.807) is 7.05 Å². The van der Waals surface area contributed by atoms with Crippen LogP contribution in [0.3, 0.4) is 0 Å². The number of para-hydroxylation sites is 1. The van der Waals surface area contributed by atoms with E-state index < -0.39 is 0 Å². The lowest BCUT2D eigenvalue weighted by molar-refractivity contribution is 0.222. The molecule has 0 saturated carbocycles. The predicted octanol–water partition coefficient (Wildman–Crippen LogP) is 2.45. The number of nitrogens with one attached hydrogen (secondary N) is 2. The van der Waals surface area contributed by atoms with E-state index >= 15 is 0 Å². The SMILES string of the molecule is CN=C(NCc1nnc2n1CCCCC2)NCC(C)Oc1ccccc1C.